The fourth-order valence-electron chi connectivity index (χ4n) is 3.44. The van der Waals surface area contributed by atoms with Gasteiger partial charge in [0.25, 0.3) is 11.8 Å². The van der Waals surface area contributed by atoms with E-state index in [-0.39, 0.29) is 29.1 Å². The lowest BCUT2D eigenvalue weighted by atomic mass is 9.94. The topological polar surface area (TPSA) is 71.3 Å². The zero-order valence-corrected chi connectivity index (χ0v) is 22.1. The molecule has 2 amide bonds. The van der Waals surface area contributed by atoms with Crippen molar-refractivity contribution in [2.45, 2.75) is 18.0 Å². The number of alkyl halides is 7. The van der Waals surface area contributed by atoms with Crippen molar-refractivity contribution in [2.75, 3.05) is 17.7 Å². The van der Waals surface area contributed by atoms with Gasteiger partial charge in [0.2, 0.25) is 0 Å². The fourth-order valence-corrected chi connectivity index (χ4v) is 4.38. The molecule has 1 heterocycles. The number of nitrogens with one attached hydrogen (secondary N) is 2. The minimum absolute atomic E-state index is 0.0847. The Bertz CT molecular complexity index is 1380. The predicted molar refractivity (Wildman–Crippen MR) is 131 cm³/mol. The van der Waals surface area contributed by atoms with Gasteiger partial charge in [0, 0.05) is 22.2 Å². The highest BCUT2D eigenvalue weighted by atomic mass is 79.9. The third kappa shape index (κ3) is 5.96. The summed E-state index contributed by atoms with van der Waals surface area (Å²) < 4.78 is 99.8. The van der Waals surface area contributed by atoms with Gasteiger partial charge in [0.15, 0.2) is 18.1 Å². The molecule has 0 atom stereocenters. The molecule has 0 fully saturated rings. The van der Waals surface area contributed by atoms with Crippen LogP contribution in [0.1, 0.15) is 26.3 Å². The van der Waals surface area contributed by atoms with Crippen LogP contribution in [0.15, 0.2) is 59.3 Å². The molecule has 0 unspecified atom stereocenters. The lowest BCUT2D eigenvalue weighted by Gasteiger charge is -2.30. The standard InChI is InChI=1S/C24H16BrClF7N3O3/c1-36-8-6-12(7-9-36)20(37)34-17-5-3-4-14(19(17)39-2)21(38)35-18-15(25)10-13(11-16(18)26)22(27,23(28,29)30)24(31,32)33/h3-11H,1-2H3,(H-,34,35,37,38)/p+1. The van der Waals surface area contributed by atoms with Gasteiger partial charge in [-0.15, -0.1) is 0 Å². The molecule has 0 spiro atoms. The highest BCUT2D eigenvalue weighted by Gasteiger charge is 2.73. The molecule has 0 saturated heterocycles. The summed E-state index contributed by atoms with van der Waals surface area (Å²) in [4.78, 5) is 25.6. The first-order valence-electron chi connectivity index (χ1n) is 10.6. The molecule has 3 rings (SSSR count). The average molecular weight is 644 g/mol. The first-order chi connectivity index (χ1) is 18.0. The van der Waals surface area contributed by atoms with Crippen molar-refractivity contribution in [3.63, 3.8) is 0 Å². The summed E-state index contributed by atoms with van der Waals surface area (Å²) in [6.45, 7) is 0. The van der Waals surface area contributed by atoms with Crippen LogP contribution in [0.5, 0.6) is 5.75 Å². The third-order valence-corrected chi connectivity index (χ3v) is 6.34. The number of halogens is 9. The van der Waals surface area contributed by atoms with E-state index in [0.29, 0.717) is 5.56 Å². The fraction of sp³-hybridized carbons (Fsp3) is 0.208. The van der Waals surface area contributed by atoms with Crippen LogP contribution in [0.2, 0.25) is 5.02 Å². The first-order valence-corrected chi connectivity index (χ1v) is 11.7. The minimum Gasteiger partial charge on any atom is -0.494 e. The number of pyridine rings is 1. The second-order valence-electron chi connectivity index (χ2n) is 8.02. The number of methoxy groups -OCH3 is 1. The van der Waals surface area contributed by atoms with Crippen molar-refractivity contribution in [1.29, 1.82) is 0 Å². The Balaban J connectivity index is 1.95. The Kier molecular flexibility index (Phi) is 8.51. The van der Waals surface area contributed by atoms with E-state index in [0.717, 1.165) is 0 Å². The van der Waals surface area contributed by atoms with Gasteiger partial charge in [-0.3, -0.25) is 9.59 Å². The Labute approximate surface area is 229 Å². The Morgan fingerprint density at radius 3 is 2.03 bits per heavy atom. The van der Waals surface area contributed by atoms with Crippen molar-refractivity contribution >= 4 is 50.7 Å². The van der Waals surface area contributed by atoms with Gasteiger partial charge in [0.1, 0.15) is 7.05 Å². The minimum atomic E-state index is -6.35. The smallest absolute Gasteiger partial charge is 0.435 e. The normalized spacial score (nSPS) is 12.2. The van der Waals surface area contributed by atoms with E-state index in [1.54, 1.807) is 36.1 Å². The number of ether oxygens (including phenoxy) is 1. The van der Waals surface area contributed by atoms with Gasteiger partial charge in [-0.2, -0.15) is 26.3 Å². The van der Waals surface area contributed by atoms with Gasteiger partial charge in [-0.1, -0.05) is 17.7 Å². The molecule has 0 radical (unpaired) electrons. The highest BCUT2D eigenvalue weighted by Crippen LogP contribution is 2.54. The molecule has 0 saturated carbocycles. The van der Waals surface area contributed by atoms with E-state index in [2.05, 4.69) is 26.6 Å². The lowest BCUT2D eigenvalue weighted by molar-refractivity contribution is -0.671. The maximum atomic E-state index is 14.5. The van der Waals surface area contributed by atoms with Crippen LogP contribution < -0.4 is 19.9 Å². The molecule has 0 aliphatic carbocycles. The summed E-state index contributed by atoms with van der Waals surface area (Å²) in [7, 11) is 2.96. The first kappa shape index (κ1) is 30.2. The lowest BCUT2D eigenvalue weighted by Crippen LogP contribution is -2.50. The summed E-state index contributed by atoms with van der Waals surface area (Å²) in [5.74, 6) is -1.59. The molecule has 2 aromatic carbocycles. The number of para-hydroxylation sites is 1. The molecule has 0 bridgehead atoms. The van der Waals surface area contributed by atoms with Crippen LogP contribution in [-0.4, -0.2) is 31.3 Å². The highest BCUT2D eigenvalue weighted by molar-refractivity contribution is 9.10. The number of aryl methyl sites for hydroxylation is 1. The van der Waals surface area contributed by atoms with Crippen molar-refractivity contribution in [3.05, 3.63) is 81.0 Å². The number of benzene rings is 2. The van der Waals surface area contributed by atoms with Crippen molar-refractivity contribution in [2.24, 2.45) is 7.05 Å². The maximum Gasteiger partial charge on any atom is 0.435 e. The van der Waals surface area contributed by atoms with Crippen LogP contribution in [0.4, 0.5) is 42.1 Å². The molecule has 3 aromatic rings. The molecule has 0 aliphatic rings. The molecule has 39 heavy (non-hydrogen) atoms. The Hall–Kier alpha value is -3.39. The SMILES string of the molecule is COc1c(NC(=O)c2cc[n+](C)cc2)cccc1C(=O)Nc1c(Cl)cc(C(F)(C(F)(F)F)C(F)(F)F)cc1Br. The van der Waals surface area contributed by atoms with Crippen molar-refractivity contribution < 1.29 is 49.6 Å². The molecule has 6 nitrogen and oxygen atoms in total. The largest absolute Gasteiger partial charge is 0.494 e. The third-order valence-electron chi connectivity index (χ3n) is 5.41. The zero-order valence-electron chi connectivity index (χ0n) is 19.8. The number of carbonyl (C=O) groups excluding carboxylic acids is 2. The van der Waals surface area contributed by atoms with E-state index >= 15 is 0 Å². The van der Waals surface area contributed by atoms with E-state index < -0.39 is 50.6 Å². The van der Waals surface area contributed by atoms with E-state index in [9.17, 15) is 40.3 Å². The summed E-state index contributed by atoms with van der Waals surface area (Å²) in [6, 6.07) is 7.54. The molecule has 1 aromatic heterocycles. The Morgan fingerprint density at radius 2 is 1.51 bits per heavy atom. The van der Waals surface area contributed by atoms with Crippen molar-refractivity contribution in [1.82, 2.24) is 0 Å². The second kappa shape index (κ2) is 11.0. The number of carbonyl (C=O) groups is 2. The second-order valence-corrected chi connectivity index (χ2v) is 9.28. The zero-order chi connectivity index (χ0) is 29.3. The van der Waals surface area contributed by atoms with E-state index in [1.165, 1.54) is 25.3 Å². The quantitative estimate of drug-likeness (QED) is 0.231. The summed E-state index contributed by atoms with van der Waals surface area (Å²) in [5.41, 5.74) is -7.79. The monoisotopic (exact) mass is 642 g/mol. The molecule has 15 heteroatoms. The Morgan fingerprint density at radius 1 is 0.923 bits per heavy atom. The van der Waals surface area contributed by atoms with Crippen LogP contribution in [0.3, 0.4) is 0 Å². The number of aromatic nitrogens is 1. The molecular weight excluding hydrogens is 627 g/mol. The number of hydrogen-bond donors (Lipinski definition) is 2. The predicted octanol–water partition coefficient (Wildman–Crippen LogP) is 6.73. The number of hydrogen-bond acceptors (Lipinski definition) is 3. The summed E-state index contributed by atoms with van der Waals surface area (Å²) >= 11 is 8.64. The summed E-state index contributed by atoms with van der Waals surface area (Å²) in [5, 5.41) is 4.02. The van der Waals surface area contributed by atoms with E-state index in [4.69, 9.17) is 16.3 Å². The molecule has 0 aliphatic heterocycles. The van der Waals surface area contributed by atoms with Gasteiger partial charge in [-0.05, 0) is 40.2 Å². The van der Waals surface area contributed by atoms with Crippen LogP contribution >= 0.6 is 27.5 Å². The summed E-state index contributed by atoms with van der Waals surface area (Å²) in [6.07, 6.45) is -9.43. The molecule has 208 valence electrons. The van der Waals surface area contributed by atoms with Crippen LogP contribution in [0, 0.1) is 0 Å². The van der Waals surface area contributed by atoms with E-state index in [1.807, 2.05) is 0 Å². The average Bonchev–Trinajstić information content (AvgIpc) is 2.84. The van der Waals surface area contributed by atoms with Gasteiger partial charge in [0.05, 0.1) is 34.6 Å². The number of anilines is 2. The van der Waals surface area contributed by atoms with Gasteiger partial charge in [-0.25, -0.2) is 8.96 Å². The molecule has 2 N–H and O–H groups in total. The maximum absolute atomic E-state index is 14.5. The van der Waals surface area contributed by atoms with Crippen LogP contribution in [-0.2, 0) is 12.7 Å². The number of nitrogens with zero attached hydrogens (tertiary/aromatic N) is 1. The van der Waals surface area contributed by atoms with Crippen LogP contribution in [0.25, 0.3) is 0 Å². The molecular formula is C24H17BrClF7N3O3+. The number of amides is 2. The van der Waals surface area contributed by atoms with Crippen molar-refractivity contribution in [3.8, 4) is 5.75 Å². The van der Waals surface area contributed by atoms with Gasteiger partial charge < -0.3 is 15.4 Å². The number of rotatable bonds is 6. The van der Waals surface area contributed by atoms with Gasteiger partial charge >= 0.3 is 18.0 Å².